The van der Waals surface area contributed by atoms with Crippen molar-refractivity contribution in [2.45, 2.75) is 39.7 Å². The molecule has 0 aliphatic rings. The van der Waals surface area contributed by atoms with E-state index >= 15 is 0 Å². The standard InChI is InChI=1S/C14H21NO/c1-4-8-13(11(2)3)15-14(16)12-9-6-5-7-10-12/h5-7,9-11,13H,4,8H2,1-3H3,(H,15,16). The quantitative estimate of drug-likeness (QED) is 0.809. The lowest BCUT2D eigenvalue weighted by molar-refractivity contribution is 0.0923. The van der Waals surface area contributed by atoms with Crippen molar-refractivity contribution in [2.24, 2.45) is 5.92 Å². The largest absolute Gasteiger partial charge is 0.349 e. The highest BCUT2D eigenvalue weighted by atomic mass is 16.1. The van der Waals surface area contributed by atoms with Gasteiger partial charge in [0.1, 0.15) is 0 Å². The van der Waals surface area contributed by atoms with Gasteiger partial charge < -0.3 is 5.32 Å². The van der Waals surface area contributed by atoms with Crippen molar-refractivity contribution in [2.75, 3.05) is 0 Å². The van der Waals surface area contributed by atoms with Gasteiger partial charge in [0.05, 0.1) is 0 Å². The van der Waals surface area contributed by atoms with Crippen LogP contribution in [0.25, 0.3) is 0 Å². The Kier molecular flexibility index (Phi) is 5.03. The summed E-state index contributed by atoms with van der Waals surface area (Å²) in [5.74, 6) is 0.514. The van der Waals surface area contributed by atoms with Crippen LogP contribution in [0.2, 0.25) is 0 Å². The minimum absolute atomic E-state index is 0.0350. The average Bonchev–Trinajstić information content (AvgIpc) is 2.29. The highest BCUT2D eigenvalue weighted by molar-refractivity contribution is 5.94. The van der Waals surface area contributed by atoms with Crippen molar-refractivity contribution in [1.82, 2.24) is 5.32 Å². The molecule has 1 amide bonds. The number of carbonyl (C=O) groups is 1. The Morgan fingerprint density at radius 2 is 1.88 bits per heavy atom. The molecule has 0 aliphatic heterocycles. The molecule has 0 radical (unpaired) electrons. The molecule has 0 aromatic heterocycles. The first-order valence-corrected chi connectivity index (χ1v) is 6.01. The molecule has 0 aliphatic carbocycles. The van der Waals surface area contributed by atoms with E-state index in [9.17, 15) is 4.79 Å². The first-order chi connectivity index (χ1) is 7.65. The molecule has 2 heteroatoms. The van der Waals surface area contributed by atoms with Crippen LogP contribution in [0.5, 0.6) is 0 Å². The van der Waals surface area contributed by atoms with Crippen LogP contribution in [0.1, 0.15) is 44.0 Å². The molecule has 0 fully saturated rings. The summed E-state index contributed by atoms with van der Waals surface area (Å²) in [5, 5.41) is 3.09. The molecule has 0 bridgehead atoms. The smallest absolute Gasteiger partial charge is 0.251 e. The maximum atomic E-state index is 11.9. The summed E-state index contributed by atoms with van der Waals surface area (Å²) in [6, 6.07) is 9.66. The second kappa shape index (κ2) is 6.31. The van der Waals surface area contributed by atoms with Crippen LogP contribution in [0.4, 0.5) is 0 Å². The van der Waals surface area contributed by atoms with Gasteiger partial charge in [0.2, 0.25) is 0 Å². The van der Waals surface area contributed by atoms with Crippen LogP contribution in [0, 0.1) is 5.92 Å². The Morgan fingerprint density at radius 3 is 2.38 bits per heavy atom. The predicted molar refractivity (Wildman–Crippen MR) is 67.4 cm³/mol. The van der Waals surface area contributed by atoms with Crippen LogP contribution in [0.15, 0.2) is 30.3 Å². The molecule has 16 heavy (non-hydrogen) atoms. The number of hydrogen-bond acceptors (Lipinski definition) is 1. The van der Waals surface area contributed by atoms with E-state index in [2.05, 4.69) is 26.1 Å². The van der Waals surface area contributed by atoms with Gasteiger partial charge in [0, 0.05) is 11.6 Å². The lowest BCUT2D eigenvalue weighted by Gasteiger charge is -2.21. The van der Waals surface area contributed by atoms with Gasteiger partial charge in [-0.2, -0.15) is 0 Å². The summed E-state index contributed by atoms with van der Waals surface area (Å²) >= 11 is 0. The molecule has 0 spiro atoms. The third kappa shape index (κ3) is 3.69. The SMILES string of the molecule is CCCC(NC(=O)c1ccccc1)C(C)C. The topological polar surface area (TPSA) is 29.1 Å². The van der Waals surface area contributed by atoms with Crippen molar-refractivity contribution in [3.05, 3.63) is 35.9 Å². The van der Waals surface area contributed by atoms with Crippen molar-refractivity contribution in [3.8, 4) is 0 Å². The summed E-state index contributed by atoms with van der Waals surface area (Å²) < 4.78 is 0. The van der Waals surface area contributed by atoms with E-state index < -0.39 is 0 Å². The molecule has 1 aromatic rings. The highest BCUT2D eigenvalue weighted by Crippen LogP contribution is 2.09. The third-order valence-corrected chi connectivity index (χ3v) is 2.76. The Bertz CT molecular complexity index is 319. The van der Waals surface area contributed by atoms with E-state index in [0.29, 0.717) is 5.92 Å². The second-order valence-corrected chi connectivity index (χ2v) is 4.48. The number of hydrogen-bond donors (Lipinski definition) is 1. The molecule has 0 heterocycles. The van der Waals surface area contributed by atoms with Crippen molar-refractivity contribution in [1.29, 1.82) is 0 Å². The first-order valence-electron chi connectivity index (χ1n) is 6.01. The summed E-state index contributed by atoms with van der Waals surface area (Å²) in [6.07, 6.45) is 2.13. The molecule has 1 atom stereocenters. The fourth-order valence-electron chi connectivity index (χ4n) is 1.72. The van der Waals surface area contributed by atoms with Gasteiger partial charge in [0.15, 0.2) is 0 Å². The van der Waals surface area contributed by atoms with Crippen molar-refractivity contribution < 1.29 is 4.79 Å². The molecule has 0 saturated carbocycles. The normalized spacial score (nSPS) is 12.5. The van der Waals surface area contributed by atoms with Crippen LogP contribution in [-0.2, 0) is 0 Å². The summed E-state index contributed by atoms with van der Waals surface area (Å²) in [4.78, 5) is 11.9. The number of nitrogens with one attached hydrogen (secondary N) is 1. The zero-order chi connectivity index (χ0) is 12.0. The van der Waals surface area contributed by atoms with Gasteiger partial charge in [-0.3, -0.25) is 4.79 Å². The van der Waals surface area contributed by atoms with Crippen LogP contribution >= 0.6 is 0 Å². The maximum absolute atomic E-state index is 11.9. The van der Waals surface area contributed by atoms with E-state index in [1.54, 1.807) is 0 Å². The predicted octanol–water partition coefficient (Wildman–Crippen LogP) is 3.24. The Hall–Kier alpha value is -1.31. The monoisotopic (exact) mass is 219 g/mol. The van der Waals surface area contributed by atoms with E-state index in [4.69, 9.17) is 0 Å². The van der Waals surface area contributed by atoms with E-state index in [1.165, 1.54) is 0 Å². The molecule has 1 N–H and O–H groups in total. The number of amides is 1. The van der Waals surface area contributed by atoms with Crippen molar-refractivity contribution >= 4 is 5.91 Å². The highest BCUT2D eigenvalue weighted by Gasteiger charge is 2.15. The third-order valence-electron chi connectivity index (χ3n) is 2.76. The average molecular weight is 219 g/mol. The van der Waals surface area contributed by atoms with Gasteiger partial charge in [-0.15, -0.1) is 0 Å². The molecule has 88 valence electrons. The molecule has 0 saturated heterocycles. The number of benzene rings is 1. The van der Waals surface area contributed by atoms with Crippen LogP contribution in [-0.4, -0.2) is 11.9 Å². The molecule has 2 nitrogen and oxygen atoms in total. The maximum Gasteiger partial charge on any atom is 0.251 e. The lowest BCUT2D eigenvalue weighted by Crippen LogP contribution is -2.38. The summed E-state index contributed by atoms with van der Waals surface area (Å²) in [5.41, 5.74) is 0.740. The van der Waals surface area contributed by atoms with Crippen molar-refractivity contribution in [3.63, 3.8) is 0 Å². The Labute approximate surface area is 98.1 Å². The zero-order valence-electron chi connectivity index (χ0n) is 10.4. The number of rotatable bonds is 5. The van der Waals surface area contributed by atoms with E-state index in [1.807, 2.05) is 30.3 Å². The summed E-state index contributed by atoms with van der Waals surface area (Å²) in [7, 11) is 0. The van der Waals surface area contributed by atoms with Crippen LogP contribution < -0.4 is 5.32 Å². The van der Waals surface area contributed by atoms with E-state index in [0.717, 1.165) is 18.4 Å². The van der Waals surface area contributed by atoms with Gasteiger partial charge >= 0.3 is 0 Å². The fourth-order valence-corrected chi connectivity index (χ4v) is 1.72. The zero-order valence-corrected chi connectivity index (χ0v) is 10.4. The van der Waals surface area contributed by atoms with Crippen LogP contribution in [0.3, 0.4) is 0 Å². The van der Waals surface area contributed by atoms with Gasteiger partial charge in [-0.25, -0.2) is 0 Å². The molecular formula is C14H21NO. The minimum Gasteiger partial charge on any atom is -0.349 e. The molecule has 1 unspecified atom stereocenters. The molecule has 1 aromatic carbocycles. The first kappa shape index (κ1) is 12.8. The Morgan fingerprint density at radius 1 is 1.25 bits per heavy atom. The van der Waals surface area contributed by atoms with Gasteiger partial charge in [-0.1, -0.05) is 45.4 Å². The summed E-state index contributed by atoms with van der Waals surface area (Å²) in [6.45, 7) is 6.43. The van der Waals surface area contributed by atoms with Gasteiger partial charge in [-0.05, 0) is 24.5 Å². The van der Waals surface area contributed by atoms with E-state index in [-0.39, 0.29) is 11.9 Å². The lowest BCUT2D eigenvalue weighted by atomic mass is 9.99. The molecule has 1 rings (SSSR count). The Balaban J connectivity index is 2.62. The fraction of sp³-hybridized carbons (Fsp3) is 0.500. The second-order valence-electron chi connectivity index (χ2n) is 4.48. The minimum atomic E-state index is 0.0350. The molecular weight excluding hydrogens is 198 g/mol. The number of carbonyl (C=O) groups excluding carboxylic acids is 1. The van der Waals surface area contributed by atoms with Gasteiger partial charge in [0.25, 0.3) is 5.91 Å².